The lowest BCUT2D eigenvalue weighted by Crippen LogP contribution is -2.35. The summed E-state index contributed by atoms with van der Waals surface area (Å²) in [6.45, 7) is 0. The van der Waals surface area contributed by atoms with E-state index in [1.165, 1.54) is 32.7 Å². The van der Waals surface area contributed by atoms with E-state index in [1.807, 2.05) is 0 Å². The number of ether oxygens (including phenoxy) is 3. The predicted octanol–water partition coefficient (Wildman–Crippen LogP) is 3.31. The topological polar surface area (TPSA) is 95.0 Å². The van der Waals surface area contributed by atoms with Crippen molar-refractivity contribution in [3.63, 3.8) is 0 Å². The number of benzene rings is 1. The standard InChI is InChI=1S/C23H24N2O6/c1-29-20-11-14(7-8-19(20)31-15-5-3-4-6-15)18(12-21(26)30-2)25-22(27)16-9-10-24-13-17(16)23(25)28/h7-11,13,15,18H,3-6,12H2,1-2H3. The number of aromatic nitrogens is 1. The molecule has 1 fully saturated rings. The van der Waals surface area contributed by atoms with Crippen LogP contribution in [0.15, 0.2) is 36.7 Å². The van der Waals surface area contributed by atoms with Crippen LogP contribution in [0.25, 0.3) is 0 Å². The number of carbonyl (C=O) groups is 3. The fourth-order valence-corrected chi connectivity index (χ4v) is 4.16. The zero-order valence-electron chi connectivity index (χ0n) is 17.5. The van der Waals surface area contributed by atoms with Crippen LogP contribution in [-0.4, -0.2) is 48.0 Å². The Morgan fingerprint density at radius 1 is 1.10 bits per heavy atom. The summed E-state index contributed by atoms with van der Waals surface area (Å²) in [6.07, 6.45) is 7.07. The maximum atomic E-state index is 13.0. The third-order valence-corrected chi connectivity index (χ3v) is 5.79. The van der Waals surface area contributed by atoms with Crippen LogP contribution in [0.5, 0.6) is 11.5 Å². The van der Waals surface area contributed by atoms with E-state index in [-0.39, 0.29) is 23.7 Å². The van der Waals surface area contributed by atoms with Gasteiger partial charge in [0.15, 0.2) is 11.5 Å². The zero-order chi connectivity index (χ0) is 22.0. The minimum absolute atomic E-state index is 0.148. The van der Waals surface area contributed by atoms with Crippen LogP contribution in [0.1, 0.15) is 64.4 Å². The van der Waals surface area contributed by atoms with Gasteiger partial charge in [-0.25, -0.2) is 0 Å². The molecular weight excluding hydrogens is 400 g/mol. The molecule has 4 rings (SSSR count). The van der Waals surface area contributed by atoms with Crippen LogP contribution in [0, 0.1) is 0 Å². The Morgan fingerprint density at radius 3 is 2.52 bits per heavy atom. The smallest absolute Gasteiger partial charge is 0.307 e. The molecule has 0 bridgehead atoms. The van der Waals surface area contributed by atoms with E-state index in [0.29, 0.717) is 17.1 Å². The number of rotatable bonds is 7. The van der Waals surface area contributed by atoms with Crippen molar-refractivity contribution in [2.45, 2.75) is 44.2 Å². The van der Waals surface area contributed by atoms with Crippen molar-refractivity contribution in [3.8, 4) is 11.5 Å². The van der Waals surface area contributed by atoms with E-state index in [1.54, 1.807) is 18.2 Å². The molecule has 8 nitrogen and oxygen atoms in total. The average molecular weight is 424 g/mol. The first-order valence-corrected chi connectivity index (χ1v) is 10.3. The van der Waals surface area contributed by atoms with E-state index in [4.69, 9.17) is 14.2 Å². The van der Waals surface area contributed by atoms with Gasteiger partial charge in [0.1, 0.15) is 0 Å². The Hall–Kier alpha value is -3.42. The molecule has 0 N–H and O–H groups in total. The third kappa shape index (κ3) is 3.97. The zero-order valence-corrected chi connectivity index (χ0v) is 17.5. The van der Waals surface area contributed by atoms with Crippen molar-refractivity contribution in [3.05, 3.63) is 53.3 Å². The summed E-state index contributed by atoms with van der Waals surface area (Å²) < 4.78 is 16.4. The highest BCUT2D eigenvalue weighted by Crippen LogP contribution is 2.38. The minimum atomic E-state index is -0.853. The van der Waals surface area contributed by atoms with Crippen molar-refractivity contribution in [1.82, 2.24) is 9.88 Å². The number of methoxy groups -OCH3 is 2. The summed E-state index contributed by atoms with van der Waals surface area (Å²) in [5.41, 5.74) is 1.06. The quantitative estimate of drug-likeness (QED) is 0.497. The van der Waals surface area contributed by atoms with Crippen molar-refractivity contribution in [2.75, 3.05) is 14.2 Å². The maximum absolute atomic E-state index is 13.0. The molecule has 0 spiro atoms. The molecular formula is C23H24N2O6. The van der Waals surface area contributed by atoms with Crippen molar-refractivity contribution >= 4 is 17.8 Å². The molecule has 1 aliphatic heterocycles. The van der Waals surface area contributed by atoms with Gasteiger partial charge in [0.2, 0.25) is 0 Å². The van der Waals surface area contributed by atoms with Gasteiger partial charge in [-0.3, -0.25) is 24.3 Å². The number of carbonyl (C=O) groups excluding carboxylic acids is 3. The monoisotopic (exact) mass is 424 g/mol. The first-order chi connectivity index (χ1) is 15.0. The number of amides is 2. The summed E-state index contributed by atoms with van der Waals surface area (Å²) in [5.74, 6) is -0.419. The van der Waals surface area contributed by atoms with Crippen LogP contribution in [0.4, 0.5) is 0 Å². The van der Waals surface area contributed by atoms with E-state index >= 15 is 0 Å². The third-order valence-electron chi connectivity index (χ3n) is 5.79. The van der Waals surface area contributed by atoms with Crippen LogP contribution < -0.4 is 9.47 Å². The molecule has 1 unspecified atom stereocenters. The molecule has 0 radical (unpaired) electrons. The predicted molar refractivity (Wildman–Crippen MR) is 110 cm³/mol. The highest BCUT2D eigenvalue weighted by Gasteiger charge is 2.42. The second-order valence-corrected chi connectivity index (χ2v) is 7.63. The van der Waals surface area contributed by atoms with E-state index in [9.17, 15) is 14.4 Å². The minimum Gasteiger partial charge on any atom is -0.493 e. The Labute approximate surface area is 180 Å². The lowest BCUT2D eigenvalue weighted by molar-refractivity contribution is -0.141. The molecule has 0 saturated heterocycles. The van der Waals surface area contributed by atoms with Crippen molar-refractivity contribution in [1.29, 1.82) is 0 Å². The molecule has 2 aromatic rings. The average Bonchev–Trinajstić information content (AvgIpc) is 3.39. The molecule has 2 heterocycles. The van der Waals surface area contributed by atoms with E-state index in [2.05, 4.69) is 4.98 Å². The lowest BCUT2D eigenvalue weighted by atomic mass is 10.0. The molecule has 1 aromatic carbocycles. The van der Waals surface area contributed by atoms with Gasteiger partial charge in [-0.05, 0) is 49.4 Å². The number of hydrogen-bond donors (Lipinski definition) is 0. The highest BCUT2D eigenvalue weighted by atomic mass is 16.5. The maximum Gasteiger partial charge on any atom is 0.307 e. The first kappa shape index (κ1) is 20.8. The molecule has 1 aliphatic carbocycles. The number of hydrogen-bond acceptors (Lipinski definition) is 7. The summed E-state index contributed by atoms with van der Waals surface area (Å²) in [7, 11) is 2.80. The van der Waals surface area contributed by atoms with Gasteiger partial charge in [-0.15, -0.1) is 0 Å². The fraction of sp³-hybridized carbons (Fsp3) is 0.391. The van der Waals surface area contributed by atoms with Gasteiger partial charge >= 0.3 is 5.97 Å². The Balaban J connectivity index is 1.69. The Bertz CT molecular complexity index is 980. The molecule has 2 aliphatic rings. The fourth-order valence-electron chi connectivity index (χ4n) is 4.16. The van der Waals surface area contributed by atoms with Crippen molar-refractivity contribution in [2.24, 2.45) is 0 Å². The summed E-state index contributed by atoms with van der Waals surface area (Å²) >= 11 is 0. The van der Waals surface area contributed by atoms with Gasteiger partial charge in [0.05, 0.1) is 43.9 Å². The van der Waals surface area contributed by atoms with Crippen LogP contribution in [0.2, 0.25) is 0 Å². The molecule has 8 heteroatoms. The number of esters is 1. The molecule has 1 atom stereocenters. The van der Waals surface area contributed by atoms with Gasteiger partial charge in [-0.2, -0.15) is 0 Å². The van der Waals surface area contributed by atoms with E-state index < -0.39 is 23.8 Å². The van der Waals surface area contributed by atoms with Gasteiger partial charge in [-0.1, -0.05) is 6.07 Å². The summed E-state index contributed by atoms with van der Waals surface area (Å²) in [4.78, 5) is 43.2. The van der Waals surface area contributed by atoms with Crippen LogP contribution >= 0.6 is 0 Å². The number of nitrogens with zero attached hydrogens (tertiary/aromatic N) is 2. The molecule has 31 heavy (non-hydrogen) atoms. The van der Waals surface area contributed by atoms with Gasteiger partial charge < -0.3 is 14.2 Å². The lowest BCUT2D eigenvalue weighted by Gasteiger charge is -2.26. The SMILES string of the molecule is COC(=O)CC(c1ccc(OC2CCCC2)c(OC)c1)N1C(=O)c2ccncc2C1=O. The van der Waals surface area contributed by atoms with Gasteiger partial charge in [0, 0.05) is 12.4 Å². The number of imide groups is 1. The second-order valence-electron chi connectivity index (χ2n) is 7.63. The van der Waals surface area contributed by atoms with Crippen LogP contribution in [0.3, 0.4) is 0 Å². The first-order valence-electron chi connectivity index (χ1n) is 10.3. The van der Waals surface area contributed by atoms with Crippen molar-refractivity contribution < 1.29 is 28.6 Å². The molecule has 2 amide bonds. The molecule has 1 saturated carbocycles. The van der Waals surface area contributed by atoms with Gasteiger partial charge in [0.25, 0.3) is 11.8 Å². The second kappa shape index (κ2) is 8.75. The summed E-state index contributed by atoms with van der Waals surface area (Å²) in [5, 5.41) is 0. The number of pyridine rings is 1. The Kier molecular flexibility index (Phi) is 5.88. The normalized spacial score (nSPS) is 16.9. The highest BCUT2D eigenvalue weighted by molar-refractivity contribution is 6.21. The largest absolute Gasteiger partial charge is 0.493 e. The summed E-state index contributed by atoms with van der Waals surface area (Å²) in [6, 6.07) is 5.87. The molecule has 1 aromatic heterocycles. The van der Waals surface area contributed by atoms with Crippen LogP contribution in [-0.2, 0) is 9.53 Å². The van der Waals surface area contributed by atoms with E-state index in [0.717, 1.165) is 30.6 Å². The Morgan fingerprint density at radius 2 is 1.84 bits per heavy atom. The molecule has 162 valence electrons. The number of fused-ring (bicyclic) bond motifs is 1.